The van der Waals surface area contributed by atoms with Crippen molar-refractivity contribution in [3.63, 3.8) is 0 Å². The highest BCUT2D eigenvalue weighted by Gasteiger charge is 2.47. The van der Waals surface area contributed by atoms with Gasteiger partial charge in [-0.1, -0.05) is 12.1 Å². The number of carbonyl (C=O) groups is 1. The van der Waals surface area contributed by atoms with Crippen molar-refractivity contribution in [3.8, 4) is 11.3 Å². The van der Waals surface area contributed by atoms with Crippen LogP contribution in [-0.4, -0.2) is 28.6 Å². The molecular formula is C18H20N2O3. The van der Waals surface area contributed by atoms with E-state index >= 15 is 0 Å². The van der Waals surface area contributed by atoms with Gasteiger partial charge in [0, 0.05) is 29.7 Å². The molecule has 1 heterocycles. The molecule has 2 fully saturated rings. The minimum absolute atomic E-state index is 0.0647. The fourth-order valence-electron chi connectivity index (χ4n) is 4.28. The molecular weight excluding hydrogens is 292 g/mol. The monoisotopic (exact) mass is 312 g/mol. The number of aliphatic hydroxyl groups excluding tert-OH is 1. The molecule has 5 heteroatoms. The molecule has 4 rings (SSSR count). The number of hydrogen-bond acceptors (Lipinski definition) is 4. The molecule has 1 amide bonds. The number of aromatic nitrogens is 1. The second kappa shape index (κ2) is 5.81. The Morgan fingerprint density at radius 3 is 2.74 bits per heavy atom. The summed E-state index contributed by atoms with van der Waals surface area (Å²) in [5.74, 6) is 1.93. The summed E-state index contributed by atoms with van der Waals surface area (Å²) >= 11 is 0. The first-order valence-corrected chi connectivity index (χ1v) is 8.17. The van der Waals surface area contributed by atoms with E-state index < -0.39 is 0 Å². The lowest BCUT2D eigenvalue weighted by atomic mass is 9.85. The molecule has 2 N–H and O–H groups in total. The molecule has 2 saturated carbocycles. The minimum atomic E-state index is -0.0647. The predicted octanol–water partition coefficient (Wildman–Crippen LogP) is 2.48. The standard InChI is InChI=1S/C18H20N2O3/c21-9-15-13-5-6-14(7-13)17(15)20-18(22)12-3-1-11(2-4-12)16-8-19-10-23-16/h1-4,8,10,13-15,17,21H,5-7,9H2,(H,20,22). The third kappa shape index (κ3) is 2.55. The molecule has 0 spiro atoms. The highest BCUT2D eigenvalue weighted by molar-refractivity contribution is 5.94. The Bertz CT molecular complexity index is 681. The first-order chi connectivity index (χ1) is 11.3. The summed E-state index contributed by atoms with van der Waals surface area (Å²) in [6, 6.07) is 7.43. The summed E-state index contributed by atoms with van der Waals surface area (Å²) in [4.78, 5) is 16.4. The molecule has 0 radical (unpaired) electrons. The zero-order valence-electron chi connectivity index (χ0n) is 12.8. The molecule has 2 bridgehead atoms. The van der Waals surface area contributed by atoms with Crippen LogP contribution in [0.2, 0.25) is 0 Å². The molecule has 1 aromatic heterocycles. The summed E-state index contributed by atoms with van der Waals surface area (Å²) in [7, 11) is 0. The Kier molecular flexibility index (Phi) is 3.65. The van der Waals surface area contributed by atoms with E-state index in [1.165, 1.54) is 12.8 Å². The zero-order chi connectivity index (χ0) is 15.8. The van der Waals surface area contributed by atoms with E-state index in [0.717, 1.165) is 18.4 Å². The number of fused-ring (bicyclic) bond motifs is 2. The molecule has 5 nitrogen and oxygen atoms in total. The van der Waals surface area contributed by atoms with E-state index in [-0.39, 0.29) is 24.5 Å². The summed E-state index contributed by atoms with van der Waals surface area (Å²) in [5.41, 5.74) is 1.53. The van der Waals surface area contributed by atoms with E-state index in [9.17, 15) is 9.90 Å². The summed E-state index contributed by atoms with van der Waals surface area (Å²) in [6.45, 7) is 0.163. The SMILES string of the molecule is O=C(NC1C2CCC(C2)C1CO)c1ccc(-c2cnco2)cc1. The topological polar surface area (TPSA) is 75.4 Å². The van der Waals surface area contributed by atoms with Crippen LogP contribution in [0.4, 0.5) is 0 Å². The van der Waals surface area contributed by atoms with Crippen LogP contribution in [0, 0.1) is 17.8 Å². The van der Waals surface area contributed by atoms with Crippen molar-refractivity contribution >= 4 is 5.91 Å². The fourth-order valence-corrected chi connectivity index (χ4v) is 4.28. The fraction of sp³-hybridized carbons (Fsp3) is 0.444. The highest BCUT2D eigenvalue weighted by Crippen LogP contribution is 2.48. The van der Waals surface area contributed by atoms with E-state index in [1.54, 1.807) is 18.3 Å². The third-order valence-electron chi connectivity index (χ3n) is 5.46. The number of nitrogens with one attached hydrogen (secondary N) is 1. The van der Waals surface area contributed by atoms with Gasteiger partial charge >= 0.3 is 0 Å². The van der Waals surface area contributed by atoms with Gasteiger partial charge in [0.05, 0.1) is 6.20 Å². The van der Waals surface area contributed by atoms with Gasteiger partial charge in [-0.2, -0.15) is 0 Å². The average molecular weight is 312 g/mol. The van der Waals surface area contributed by atoms with Gasteiger partial charge in [0.15, 0.2) is 12.2 Å². The van der Waals surface area contributed by atoms with Crippen LogP contribution in [0.5, 0.6) is 0 Å². The van der Waals surface area contributed by atoms with E-state index in [1.807, 2.05) is 12.1 Å². The lowest BCUT2D eigenvalue weighted by Crippen LogP contribution is -2.45. The van der Waals surface area contributed by atoms with E-state index in [2.05, 4.69) is 10.3 Å². The summed E-state index contributed by atoms with van der Waals surface area (Å²) in [5, 5.41) is 12.8. The number of oxazole rings is 1. The molecule has 23 heavy (non-hydrogen) atoms. The number of carbonyl (C=O) groups excluding carboxylic acids is 1. The number of rotatable bonds is 4. The average Bonchev–Trinajstić information content (AvgIpc) is 3.32. The Morgan fingerprint density at radius 1 is 1.26 bits per heavy atom. The second-order valence-corrected chi connectivity index (χ2v) is 6.62. The molecule has 4 unspecified atom stereocenters. The molecule has 0 saturated heterocycles. The lowest BCUT2D eigenvalue weighted by molar-refractivity contribution is 0.0861. The number of nitrogens with zero attached hydrogens (tertiary/aromatic N) is 1. The van der Waals surface area contributed by atoms with Crippen molar-refractivity contribution in [2.45, 2.75) is 25.3 Å². The second-order valence-electron chi connectivity index (χ2n) is 6.62. The molecule has 2 aromatic rings. The van der Waals surface area contributed by atoms with Gasteiger partial charge in [-0.25, -0.2) is 4.98 Å². The first-order valence-electron chi connectivity index (χ1n) is 8.17. The van der Waals surface area contributed by atoms with Gasteiger partial charge in [0.25, 0.3) is 5.91 Å². The van der Waals surface area contributed by atoms with Crippen molar-refractivity contribution in [2.75, 3.05) is 6.61 Å². The number of amides is 1. The molecule has 1 aromatic carbocycles. The number of aliphatic hydroxyl groups is 1. The van der Waals surface area contributed by atoms with Crippen LogP contribution < -0.4 is 5.32 Å². The van der Waals surface area contributed by atoms with E-state index in [4.69, 9.17) is 4.42 Å². The highest BCUT2D eigenvalue weighted by atomic mass is 16.3. The Labute approximate surface area is 134 Å². The minimum Gasteiger partial charge on any atom is -0.444 e. The largest absolute Gasteiger partial charge is 0.444 e. The Balaban J connectivity index is 1.47. The van der Waals surface area contributed by atoms with Gasteiger partial charge in [0.2, 0.25) is 0 Å². The maximum Gasteiger partial charge on any atom is 0.251 e. The Morgan fingerprint density at radius 2 is 2.04 bits per heavy atom. The van der Waals surface area contributed by atoms with Crippen LogP contribution in [0.3, 0.4) is 0 Å². The van der Waals surface area contributed by atoms with Crippen molar-refractivity contribution in [2.24, 2.45) is 17.8 Å². The van der Waals surface area contributed by atoms with Crippen LogP contribution in [0.15, 0.2) is 41.3 Å². The van der Waals surface area contributed by atoms with Crippen LogP contribution in [-0.2, 0) is 0 Å². The smallest absolute Gasteiger partial charge is 0.251 e. The molecule has 2 aliphatic carbocycles. The molecule has 0 aliphatic heterocycles. The van der Waals surface area contributed by atoms with Gasteiger partial charge < -0.3 is 14.8 Å². The van der Waals surface area contributed by atoms with Gasteiger partial charge in [-0.05, 0) is 43.2 Å². The number of benzene rings is 1. The Hall–Kier alpha value is -2.14. The molecule has 4 atom stereocenters. The van der Waals surface area contributed by atoms with Crippen molar-refractivity contribution in [1.82, 2.24) is 10.3 Å². The van der Waals surface area contributed by atoms with Gasteiger partial charge in [-0.3, -0.25) is 4.79 Å². The van der Waals surface area contributed by atoms with E-state index in [0.29, 0.717) is 23.2 Å². The van der Waals surface area contributed by atoms with Crippen LogP contribution in [0.1, 0.15) is 29.6 Å². The molecule has 120 valence electrons. The summed E-state index contributed by atoms with van der Waals surface area (Å²) in [6.07, 6.45) is 6.53. The predicted molar refractivity (Wildman–Crippen MR) is 84.6 cm³/mol. The van der Waals surface area contributed by atoms with Gasteiger partial charge in [-0.15, -0.1) is 0 Å². The quantitative estimate of drug-likeness (QED) is 0.909. The van der Waals surface area contributed by atoms with Gasteiger partial charge in [0.1, 0.15) is 0 Å². The summed E-state index contributed by atoms with van der Waals surface area (Å²) < 4.78 is 5.25. The third-order valence-corrected chi connectivity index (χ3v) is 5.46. The maximum absolute atomic E-state index is 12.5. The van der Waals surface area contributed by atoms with Crippen molar-refractivity contribution < 1.29 is 14.3 Å². The maximum atomic E-state index is 12.5. The zero-order valence-corrected chi connectivity index (χ0v) is 12.8. The normalized spacial score (nSPS) is 28.9. The van der Waals surface area contributed by atoms with Crippen molar-refractivity contribution in [1.29, 1.82) is 0 Å². The molecule has 2 aliphatic rings. The van der Waals surface area contributed by atoms with Crippen LogP contribution in [0.25, 0.3) is 11.3 Å². The lowest BCUT2D eigenvalue weighted by Gasteiger charge is -2.30. The first kappa shape index (κ1) is 14.5. The van der Waals surface area contributed by atoms with Crippen LogP contribution >= 0.6 is 0 Å². The number of hydrogen-bond donors (Lipinski definition) is 2. The van der Waals surface area contributed by atoms with Crippen molar-refractivity contribution in [3.05, 3.63) is 42.4 Å².